The fourth-order valence-electron chi connectivity index (χ4n) is 2.32. The second-order valence-corrected chi connectivity index (χ2v) is 6.16. The van der Waals surface area contributed by atoms with Gasteiger partial charge in [0, 0.05) is 12.6 Å². The number of amides is 1. The first kappa shape index (κ1) is 13.9. The Morgan fingerprint density at radius 2 is 2.11 bits per heavy atom. The topological polar surface area (TPSA) is 55.6 Å². The zero-order valence-electron chi connectivity index (χ0n) is 12.0. The average molecular weight is 262 g/mol. The third-order valence-corrected chi connectivity index (χ3v) is 3.16. The van der Waals surface area contributed by atoms with E-state index in [4.69, 9.17) is 10.5 Å². The summed E-state index contributed by atoms with van der Waals surface area (Å²) in [6.45, 7) is 8.18. The van der Waals surface area contributed by atoms with Gasteiger partial charge in [0.25, 0.3) is 0 Å². The van der Waals surface area contributed by atoms with Gasteiger partial charge < -0.3 is 10.5 Å². The molecule has 0 spiro atoms. The van der Waals surface area contributed by atoms with Crippen molar-refractivity contribution in [3.8, 4) is 0 Å². The summed E-state index contributed by atoms with van der Waals surface area (Å²) < 4.78 is 5.40. The maximum absolute atomic E-state index is 12.1. The standard InChI is InChI=1S/C15H22N2O2/c1-10-6-5-7-11(8-10)13-12(16)9-17(13)14(18)19-15(2,3)4/h5-8,12-13H,9,16H2,1-4H3. The fourth-order valence-corrected chi connectivity index (χ4v) is 2.32. The zero-order valence-corrected chi connectivity index (χ0v) is 12.0. The lowest BCUT2D eigenvalue weighted by Crippen LogP contribution is -2.60. The first-order chi connectivity index (χ1) is 8.78. The highest BCUT2D eigenvalue weighted by atomic mass is 16.6. The Bertz CT molecular complexity index is 479. The molecule has 1 heterocycles. The van der Waals surface area contributed by atoms with Crippen molar-refractivity contribution in [1.29, 1.82) is 0 Å². The summed E-state index contributed by atoms with van der Waals surface area (Å²) in [6.07, 6.45) is -0.291. The van der Waals surface area contributed by atoms with E-state index in [1.807, 2.05) is 45.9 Å². The first-order valence-corrected chi connectivity index (χ1v) is 6.60. The lowest BCUT2D eigenvalue weighted by molar-refractivity contribution is -0.0134. The van der Waals surface area contributed by atoms with Crippen molar-refractivity contribution < 1.29 is 9.53 Å². The summed E-state index contributed by atoms with van der Waals surface area (Å²) in [4.78, 5) is 13.8. The van der Waals surface area contributed by atoms with Crippen molar-refractivity contribution in [1.82, 2.24) is 4.90 Å². The van der Waals surface area contributed by atoms with Gasteiger partial charge in [0.15, 0.2) is 0 Å². The van der Waals surface area contributed by atoms with Crippen molar-refractivity contribution in [3.05, 3.63) is 35.4 Å². The van der Waals surface area contributed by atoms with Crippen LogP contribution in [0.15, 0.2) is 24.3 Å². The molecule has 1 aliphatic rings. The van der Waals surface area contributed by atoms with Crippen LogP contribution in [0.2, 0.25) is 0 Å². The lowest BCUT2D eigenvalue weighted by Gasteiger charge is -2.46. The Hall–Kier alpha value is -1.55. The number of aryl methyl sites for hydroxylation is 1. The molecular formula is C15H22N2O2. The van der Waals surface area contributed by atoms with Gasteiger partial charge in [0.1, 0.15) is 5.60 Å². The quantitative estimate of drug-likeness (QED) is 0.846. The number of hydrogen-bond acceptors (Lipinski definition) is 3. The van der Waals surface area contributed by atoms with Gasteiger partial charge in [-0.3, -0.25) is 4.90 Å². The van der Waals surface area contributed by atoms with Crippen LogP contribution in [0.4, 0.5) is 4.79 Å². The molecule has 2 unspecified atom stereocenters. The van der Waals surface area contributed by atoms with Crippen molar-refractivity contribution in [2.75, 3.05) is 6.54 Å². The second kappa shape index (κ2) is 4.85. The molecule has 1 aromatic rings. The number of hydrogen-bond donors (Lipinski definition) is 1. The number of carbonyl (C=O) groups is 1. The Morgan fingerprint density at radius 3 is 2.63 bits per heavy atom. The number of nitrogens with two attached hydrogens (primary N) is 1. The molecule has 2 rings (SSSR count). The third-order valence-electron chi connectivity index (χ3n) is 3.16. The van der Waals surface area contributed by atoms with Gasteiger partial charge in [0.05, 0.1) is 6.04 Å². The van der Waals surface area contributed by atoms with Gasteiger partial charge in [-0.1, -0.05) is 29.8 Å². The molecule has 2 atom stereocenters. The molecule has 1 amide bonds. The summed E-state index contributed by atoms with van der Waals surface area (Å²) in [6, 6.07) is 8.01. The highest BCUT2D eigenvalue weighted by Crippen LogP contribution is 2.34. The van der Waals surface area contributed by atoms with Gasteiger partial charge in [-0.15, -0.1) is 0 Å². The number of nitrogens with zero attached hydrogens (tertiary/aromatic N) is 1. The van der Waals surface area contributed by atoms with E-state index in [9.17, 15) is 4.79 Å². The molecular weight excluding hydrogens is 240 g/mol. The highest BCUT2D eigenvalue weighted by molar-refractivity contribution is 5.70. The summed E-state index contributed by atoms with van der Waals surface area (Å²) >= 11 is 0. The Labute approximate surface area is 114 Å². The number of ether oxygens (including phenoxy) is 1. The molecule has 1 aromatic carbocycles. The van der Waals surface area contributed by atoms with E-state index in [2.05, 4.69) is 6.07 Å². The average Bonchev–Trinajstić information content (AvgIpc) is 2.23. The minimum atomic E-state index is -0.478. The Kier molecular flexibility index (Phi) is 3.54. The summed E-state index contributed by atoms with van der Waals surface area (Å²) in [7, 11) is 0. The number of likely N-dealkylation sites (tertiary alicyclic amines) is 1. The molecule has 0 aromatic heterocycles. The van der Waals surface area contributed by atoms with Crippen LogP contribution < -0.4 is 5.73 Å². The molecule has 19 heavy (non-hydrogen) atoms. The van der Waals surface area contributed by atoms with E-state index in [-0.39, 0.29) is 18.2 Å². The Morgan fingerprint density at radius 1 is 1.42 bits per heavy atom. The summed E-state index contributed by atoms with van der Waals surface area (Å²) in [5.41, 5.74) is 7.81. The van der Waals surface area contributed by atoms with Crippen LogP contribution in [0.3, 0.4) is 0 Å². The SMILES string of the molecule is Cc1cccc(C2C(N)CN2C(=O)OC(C)(C)C)c1. The van der Waals surface area contributed by atoms with Crippen molar-refractivity contribution in [2.24, 2.45) is 5.73 Å². The van der Waals surface area contributed by atoms with E-state index in [1.165, 1.54) is 5.56 Å². The van der Waals surface area contributed by atoms with Gasteiger partial charge in [0.2, 0.25) is 0 Å². The van der Waals surface area contributed by atoms with Crippen molar-refractivity contribution in [3.63, 3.8) is 0 Å². The molecule has 0 radical (unpaired) electrons. The molecule has 2 N–H and O–H groups in total. The van der Waals surface area contributed by atoms with Crippen LogP contribution in [-0.2, 0) is 4.74 Å². The van der Waals surface area contributed by atoms with E-state index >= 15 is 0 Å². The minimum Gasteiger partial charge on any atom is -0.444 e. The van der Waals surface area contributed by atoms with Crippen LogP contribution in [0.1, 0.15) is 37.9 Å². The highest BCUT2D eigenvalue weighted by Gasteiger charge is 2.42. The second-order valence-electron chi connectivity index (χ2n) is 6.16. The Balaban J connectivity index is 2.14. The van der Waals surface area contributed by atoms with Crippen LogP contribution in [-0.4, -0.2) is 29.2 Å². The third kappa shape index (κ3) is 3.07. The maximum Gasteiger partial charge on any atom is 0.410 e. The zero-order chi connectivity index (χ0) is 14.2. The summed E-state index contributed by atoms with van der Waals surface area (Å²) in [5, 5.41) is 0. The summed E-state index contributed by atoms with van der Waals surface area (Å²) in [5.74, 6) is 0. The minimum absolute atomic E-state index is 0.0191. The van der Waals surface area contributed by atoms with E-state index < -0.39 is 5.60 Å². The van der Waals surface area contributed by atoms with Crippen molar-refractivity contribution >= 4 is 6.09 Å². The van der Waals surface area contributed by atoms with Gasteiger partial charge in [-0.05, 0) is 33.3 Å². The predicted molar refractivity (Wildman–Crippen MR) is 74.8 cm³/mol. The molecule has 1 fully saturated rings. The fraction of sp³-hybridized carbons (Fsp3) is 0.533. The van der Waals surface area contributed by atoms with Gasteiger partial charge in [-0.2, -0.15) is 0 Å². The van der Waals surface area contributed by atoms with Gasteiger partial charge >= 0.3 is 6.09 Å². The van der Waals surface area contributed by atoms with Crippen LogP contribution in [0.25, 0.3) is 0 Å². The number of rotatable bonds is 1. The number of benzene rings is 1. The van der Waals surface area contributed by atoms with Crippen molar-refractivity contribution in [2.45, 2.75) is 45.4 Å². The molecule has 0 aliphatic carbocycles. The monoisotopic (exact) mass is 262 g/mol. The molecule has 0 saturated carbocycles. The van der Waals surface area contributed by atoms with E-state index in [1.54, 1.807) is 4.90 Å². The first-order valence-electron chi connectivity index (χ1n) is 6.60. The van der Waals surface area contributed by atoms with Crippen LogP contribution in [0.5, 0.6) is 0 Å². The smallest absolute Gasteiger partial charge is 0.410 e. The van der Waals surface area contributed by atoms with E-state index in [0.29, 0.717) is 6.54 Å². The largest absolute Gasteiger partial charge is 0.444 e. The molecule has 1 saturated heterocycles. The normalized spacial score (nSPS) is 22.9. The lowest BCUT2D eigenvalue weighted by atomic mass is 9.90. The molecule has 104 valence electrons. The predicted octanol–water partition coefficient (Wildman–Crippen LogP) is 2.61. The van der Waals surface area contributed by atoms with Crippen LogP contribution >= 0.6 is 0 Å². The molecule has 4 heteroatoms. The molecule has 4 nitrogen and oxygen atoms in total. The molecule has 0 bridgehead atoms. The van der Waals surface area contributed by atoms with Gasteiger partial charge in [-0.25, -0.2) is 4.79 Å². The number of carbonyl (C=O) groups excluding carboxylic acids is 1. The molecule has 1 aliphatic heterocycles. The van der Waals surface area contributed by atoms with Crippen LogP contribution in [0, 0.1) is 6.92 Å². The maximum atomic E-state index is 12.1. The van der Waals surface area contributed by atoms with E-state index in [0.717, 1.165) is 5.56 Å².